The van der Waals surface area contributed by atoms with E-state index in [0.29, 0.717) is 12.0 Å². The number of nitrogens with zero attached hydrogens (tertiary/aromatic N) is 1. The molecule has 2 nitrogen and oxygen atoms in total. The van der Waals surface area contributed by atoms with Crippen LogP contribution in [-0.4, -0.2) is 30.1 Å². The van der Waals surface area contributed by atoms with Gasteiger partial charge in [-0.1, -0.05) is 19.1 Å². The molecule has 2 N–H and O–H groups in total. The van der Waals surface area contributed by atoms with Crippen molar-refractivity contribution >= 4 is 0 Å². The Morgan fingerprint density at radius 1 is 1.29 bits per heavy atom. The molecule has 80 valence electrons. The summed E-state index contributed by atoms with van der Waals surface area (Å²) in [7, 11) is 0. The van der Waals surface area contributed by atoms with Crippen molar-refractivity contribution in [2.75, 3.05) is 13.1 Å². The molecule has 1 fully saturated rings. The fraction of sp³-hybridized carbons (Fsp3) is 0.833. The van der Waals surface area contributed by atoms with Gasteiger partial charge in [0.15, 0.2) is 0 Å². The molecule has 0 bridgehead atoms. The van der Waals surface area contributed by atoms with Crippen LogP contribution in [0.25, 0.3) is 0 Å². The maximum atomic E-state index is 6.03. The predicted octanol–water partition coefficient (Wildman–Crippen LogP) is 1.76. The summed E-state index contributed by atoms with van der Waals surface area (Å²) >= 11 is 0. The van der Waals surface area contributed by atoms with E-state index in [4.69, 9.17) is 5.73 Å². The third-order valence-electron chi connectivity index (χ3n) is 3.76. The van der Waals surface area contributed by atoms with E-state index in [1.54, 1.807) is 0 Å². The van der Waals surface area contributed by atoms with Gasteiger partial charge in [-0.3, -0.25) is 4.90 Å². The first kappa shape index (κ1) is 10.2. The van der Waals surface area contributed by atoms with Gasteiger partial charge in [-0.15, -0.1) is 0 Å². The Labute approximate surface area is 87.2 Å². The monoisotopic (exact) mass is 194 g/mol. The Morgan fingerprint density at radius 2 is 2.14 bits per heavy atom. The Balaban J connectivity index is 1.89. The smallest absolute Gasteiger partial charge is 0.0133 e. The molecule has 2 heteroatoms. The van der Waals surface area contributed by atoms with Crippen LogP contribution >= 0.6 is 0 Å². The lowest BCUT2D eigenvalue weighted by molar-refractivity contribution is 0.110. The Hall–Kier alpha value is -0.340. The second-order valence-corrected chi connectivity index (χ2v) is 4.86. The van der Waals surface area contributed by atoms with E-state index in [0.717, 1.165) is 6.04 Å². The Morgan fingerprint density at radius 3 is 2.79 bits per heavy atom. The molecule has 3 unspecified atom stereocenters. The molecule has 1 aliphatic heterocycles. The van der Waals surface area contributed by atoms with Crippen LogP contribution in [-0.2, 0) is 0 Å². The maximum Gasteiger partial charge on any atom is 0.0133 e. The zero-order valence-electron chi connectivity index (χ0n) is 9.15. The Kier molecular flexibility index (Phi) is 3.24. The molecule has 0 aromatic heterocycles. The zero-order valence-corrected chi connectivity index (χ0v) is 9.15. The van der Waals surface area contributed by atoms with E-state index in [9.17, 15) is 0 Å². The van der Waals surface area contributed by atoms with E-state index in [2.05, 4.69) is 24.0 Å². The molecule has 1 heterocycles. The van der Waals surface area contributed by atoms with Gasteiger partial charge in [-0.05, 0) is 38.1 Å². The lowest BCUT2D eigenvalue weighted by Crippen LogP contribution is -2.49. The number of piperidine rings is 1. The van der Waals surface area contributed by atoms with Crippen molar-refractivity contribution in [3.8, 4) is 0 Å². The SMILES string of the molecule is CC1CN(C2CC=CCC2)CCC1N. The highest BCUT2D eigenvalue weighted by Crippen LogP contribution is 2.23. The van der Waals surface area contributed by atoms with Gasteiger partial charge in [0.05, 0.1) is 0 Å². The average Bonchev–Trinajstić information content (AvgIpc) is 2.23. The minimum Gasteiger partial charge on any atom is -0.327 e. The van der Waals surface area contributed by atoms with E-state index in [-0.39, 0.29) is 0 Å². The molecular formula is C12H22N2. The number of allylic oxidation sites excluding steroid dienone is 1. The van der Waals surface area contributed by atoms with Gasteiger partial charge in [0, 0.05) is 18.6 Å². The first-order valence-electron chi connectivity index (χ1n) is 5.92. The van der Waals surface area contributed by atoms with Crippen LogP contribution in [0.4, 0.5) is 0 Å². The Bertz CT molecular complexity index is 212. The molecule has 0 spiro atoms. The summed E-state index contributed by atoms with van der Waals surface area (Å²) in [5.41, 5.74) is 6.03. The van der Waals surface area contributed by atoms with Crippen molar-refractivity contribution in [1.29, 1.82) is 0 Å². The highest BCUT2D eigenvalue weighted by Gasteiger charge is 2.27. The number of nitrogens with two attached hydrogens (primary N) is 1. The molecular weight excluding hydrogens is 172 g/mol. The fourth-order valence-electron chi connectivity index (χ4n) is 2.64. The predicted molar refractivity (Wildman–Crippen MR) is 60.1 cm³/mol. The summed E-state index contributed by atoms with van der Waals surface area (Å²) in [6, 6.07) is 1.24. The zero-order chi connectivity index (χ0) is 9.97. The highest BCUT2D eigenvalue weighted by atomic mass is 15.2. The molecule has 0 amide bonds. The normalized spacial score (nSPS) is 40.0. The van der Waals surface area contributed by atoms with Crippen LogP contribution in [0.5, 0.6) is 0 Å². The molecule has 2 aliphatic rings. The molecule has 1 aliphatic carbocycles. The highest BCUT2D eigenvalue weighted by molar-refractivity contribution is 4.95. The lowest BCUT2D eigenvalue weighted by atomic mass is 9.91. The topological polar surface area (TPSA) is 29.3 Å². The standard InChI is InChI=1S/C12H22N2/c1-10-9-14(8-7-12(10)13)11-5-3-2-4-6-11/h2-3,10-12H,4-9,13H2,1H3. The largest absolute Gasteiger partial charge is 0.327 e. The van der Waals surface area contributed by atoms with E-state index >= 15 is 0 Å². The number of rotatable bonds is 1. The van der Waals surface area contributed by atoms with Crippen molar-refractivity contribution < 1.29 is 0 Å². The second kappa shape index (κ2) is 4.45. The van der Waals surface area contributed by atoms with Crippen LogP contribution in [0.15, 0.2) is 12.2 Å². The minimum absolute atomic E-state index is 0.436. The lowest BCUT2D eigenvalue weighted by Gasteiger charge is -2.40. The summed E-state index contributed by atoms with van der Waals surface area (Å²) in [5, 5.41) is 0. The molecule has 0 aromatic carbocycles. The number of hydrogen-bond acceptors (Lipinski definition) is 2. The van der Waals surface area contributed by atoms with E-state index in [1.807, 2.05) is 0 Å². The van der Waals surface area contributed by atoms with Gasteiger partial charge in [0.1, 0.15) is 0 Å². The number of hydrogen-bond donors (Lipinski definition) is 1. The van der Waals surface area contributed by atoms with E-state index < -0.39 is 0 Å². The molecule has 0 saturated carbocycles. The summed E-state index contributed by atoms with van der Waals surface area (Å²) in [6.45, 7) is 4.71. The first-order valence-corrected chi connectivity index (χ1v) is 5.92. The third-order valence-corrected chi connectivity index (χ3v) is 3.76. The van der Waals surface area contributed by atoms with Crippen LogP contribution in [0.1, 0.15) is 32.6 Å². The summed E-state index contributed by atoms with van der Waals surface area (Å²) in [5.74, 6) is 0.676. The fourth-order valence-corrected chi connectivity index (χ4v) is 2.64. The quantitative estimate of drug-likeness (QED) is 0.645. The minimum atomic E-state index is 0.436. The van der Waals surface area contributed by atoms with Crippen LogP contribution < -0.4 is 5.73 Å². The van der Waals surface area contributed by atoms with Gasteiger partial charge >= 0.3 is 0 Å². The van der Waals surface area contributed by atoms with Crippen molar-refractivity contribution in [2.24, 2.45) is 11.7 Å². The second-order valence-electron chi connectivity index (χ2n) is 4.86. The van der Waals surface area contributed by atoms with Crippen molar-refractivity contribution in [3.63, 3.8) is 0 Å². The first-order chi connectivity index (χ1) is 6.77. The summed E-state index contributed by atoms with van der Waals surface area (Å²) in [6.07, 6.45) is 9.70. The van der Waals surface area contributed by atoms with Crippen LogP contribution in [0.3, 0.4) is 0 Å². The third kappa shape index (κ3) is 2.18. The maximum absolute atomic E-state index is 6.03. The molecule has 0 aromatic rings. The van der Waals surface area contributed by atoms with Crippen molar-refractivity contribution in [2.45, 2.75) is 44.7 Å². The molecule has 2 rings (SSSR count). The van der Waals surface area contributed by atoms with Gasteiger partial charge in [-0.25, -0.2) is 0 Å². The summed E-state index contributed by atoms with van der Waals surface area (Å²) < 4.78 is 0. The van der Waals surface area contributed by atoms with Crippen molar-refractivity contribution in [3.05, 3.63) is 12.2 Å². The number of likely N-dealkylation sites (tertiary alicyclic amines) is 1. The van der Waals surface area contributed by atoms with E-state index in [1.165, 1.54) is 38.8 Å². The van der Waals surface area contributed by atoms with Crippen LogP contribution in [0.2, 0.25) is 0 Å². The molecule has 1 saturated heterocycles. The van der Waals surface area contributed by atoms with Gasteiger partial charge in [0.25, 0.3) is 0 Å². The van der Waals surface area contributed by atoms with Gasteiger partial charge in [0.2, 0.25) is 0 Å². The van der Waals surface area contributed by atoms with Crippen LogP contribution in [0, 0.1) is 5.92 Å². The van der Waals surface area contributed by atoms with Gasteiger partial charge < -0.3 is 5.73 Å². The molecule has 3 atom stereocenters. The molecule has 0 radical (unpaired) electrons. The van der Waals surface area contributed by atoms with Gasteiger partial charge in [-0.2, -0.15) is 0 Å². The average molecular weight is 194 g/mol. The summed E-state index contributed by atoms with van der Waals surface area (Å²) in [4.78, 5) is 2.65. The van der Waals surface area contributed by atoms with Crippen molar-refractivity contribution in [1.82, 2.24) is 4.90 Å². The molecule has 14 heavy (non-hydrogen) atoms.